The van der Waals surface area contributed by atoms with E-state index in [-0.39, 0.29) is 29.0 Å². The van der Waals surface area contributed by atoms with E-state index in [1.165, 1.54) is 12.8 Å². The number of aliphatic hydroxyl groups is 2. The Balaban J connectivity index is 1.67. The van der Waals surface area contributed by atoms with Gasteiger partial charge in [0.2, 0.25) is 0 Å². The Hall–Kier alpha value is -0.410. The fraction of sp³-hybridized carbons (Fsp3) is 0.947. The van der Waals surface area contributed by atoms with Gasteiger partial charge in [0.1, 0.15) is 5.78 Å². The number of carbonyl (C=O) groups is 1. The largest absolute Gasteiger partial charge is 0.393 e. The zero-order valence-corrected chi connectivity index (χ0v) is 13.9. The highest BCUT2D eigenvalue weighted by Gasteiger charge is 2.61. The van der Waals surface area contributed by atoms with Gasteiger partial charge in [-0.05, 0) is 73.5 Å². The number of hydrogen-bond donors (Lipinski definition) is 2. The first-order chi connectivity index (χ1) is 10.3. The molecule has 124 valence electrons. The molecule has 0 aromatic carbocycles. The van der Waals surface area contributed by atoms with E-state index >= 15 is 0 Å². The van der Waals surface area contributed by atoms with E-state index in [4.69, 9.17) is 0 Å². The minimum Gasteiger partial charge on any atom is -0.393 e. The van der Waals surface area contributed by atoms with Gasteiger partial charge < -0.3 is 10.2 Å². The minimum atomic E-state index is -0.277. The van der Waals surface area contributed by atoms with Gasteiger partial charge in [0.15, 0.2) is 0 Å². The van der Waals surface area contributed by atoms with Crippen molar-refractivity contribution in [3.8, 4) is 0 Å². The quantitative estimate of drug-likeness (QED) is 0.723. The van der Waals surface area contributed by atoms with E-state index in [0.717, 1.165) is 25.7 Å². The summed E-state index contributed by atoms with van der Waals surface area (Å²) in [6.07, 6.45) is 7.03. The number of ketones is 1. The Morgan fingerprint density at radius 2 is 1.77 bits per heavy atom. The van der Waals surface area contributed by atoms with E-state index in [1.807, 2.05) is 0 Å². The van der Waals surface area contributed by atoms with Crippen molar-refractivity contribution in [3.63, 3.8) is 0 Å². The van der Waals surface area contributed by atoms with E-state index in [0.29, 0.717) is 36.4 Å². The number of hydrogen-bond acceptors (Lipinski definition) is 3. The Morgan fingerprint density at radius 1 is 1.00 bits per heavy atom. The van der Waals surface area contributed by atoms with Crippen LogP contribution in [0.15, 0.2) is 0 Å². The van der Waals surface area contributed by atoms with Crippen LogP contribution in [0.4, 0.5) is 0 Å². The molecule has 4 fully saturated rings. The molecule has 0 aliphatic heterocycles. The highest BCUT2D eigenvalue weighted by atomic mass is 16.3. The molecular weight excluding hydrogens is 276 g/mol. The molecule has 0 saturated heterocycles. The molecule has 4 saturated carbocycles. The summed E-state index contributed by atoms with van der Waals surface area (Å²) in [5.74, 6) is 2.09. The highest BCUT2D eigenvalue weighted by Crippen LogP contribution is 2.65. The summed E-state index contributed by atoms with van der Waals surface area (Å²) < 4.78 is 0. The zero-order chi connectivity index (χ0) is 15.7. The first-order valence-electron chi connectivity index (χ1n) is 9.22. The number of carbonyl (C=O) groups excluding carboxylic acids is 1. The van der Waals surface area contributed by atoms with Crippen LogP contribution in [0.25, 0.3) is 0 Å². The molecule has 3 heteroatoms. The van der Waals surface area contributed by atoms with Crippen molar-refractivity contribution in [1.29, 1.82) is 0 Å². The molecule has 8 atom stereocenters. The highest BCUT2D eigenvalue weighted by molar-refractivity contribution is 5.83. The molecular formula is C19H30O3. The number of rotatable bonds is 0. The van der Waals surface area contributed by atoms with Gasteiger partial charge in [-0.25, -0.2) is 0 Å². The fourth-order valence-corrected chi connectivity index (χ4v) is 7.04. The van der Waals surface area contributed by atoms with E-state index in [1.54, 1.807) is 0 Å². The molecule has 4 aliphatic carbocycles. The summed E-state index contributed by atoms with van der Waals surface area (Å²) in [6, 6.07) is 0. The lowest BCUT2D eigenvalue weighted by Crippen LogP contribution is -2.56. The molecule has 0 amide bonds. The van der Waals surface area contributed by atoms with Gasteiger partial charge in [0.05, 0.1) is 12.2 Å². The first kappa shape index (κ1) is 15.1. The summed E-state index contributed by atoms with van der Waals surface area (Å²) in [7, 11) is 0. The molecule has 0 bridgehead atoms. The molecule has 0 spiro atoms. The third kappa shape index (κ3) is 1.97. The fourth-order valence-electron chi connectivity index (χ4n) is 7.04. The van der Waals surface area contributed by atoms with Gasteiger partial charge in [-0.2, -0.15) is 0 Å². The molecule has 4 aliphatic rings. The molecule has 0 aromatic rings. The second-order valence-electron chi connectivity index (χ2n) is 9.32. The Labute approximate surface area is 133 Å². The average molecular weight is 306 g/mol. The molecule has 22 heavy (non-hydrogen) atoms. The van der Waals surface area contributed by atoms with Gasteiger partial charge in [0, 0.05) is 12.3 Å². The zero-order valence-electron chi connectivity index (χ0n) is 13.9. The van der Waals surface area contributed by atoms with E-state index in [2.05, 4.69) is 13.8 Å². The van der Waals surface area contributed by atoms with Crippen LogP contribution in [0.1, 0.15) is 65.2 Å². The van der Waals surface area contributed by atoms with Crippen molar-refractivity contribution in [1.82, 2.24) is 0 Å². The van der Waals surface area contributed by atoms with Crippen LogP contribution in [0.5, 0.6) is 0 Å². The third-order valence-electron chi connectivity index (χ3n) is 8.18. The summed E-state index contributed by atoms with van der Waals surface area (Å²) in [5.41, 5.74) is 0.340. The SMILES string of the molecule is C[C@]12CC[C@H]3[C@@H](CC(=O)[C@H]4C[C@@H](O)CC[C@@]43C)[C@@H]1C[C@@H](O)C2. The summed E-state index contributed by atoms with van der Waals surface area (Å²) >= 11 is 0. The van der Waals surface area contributed by atoms with Crippen molar-refractivity contribution in [2.24, 2.45) is 34.5 Å². The maximum absolute atomic E-state index is 12.8. The number of aliphatic hydroxyl groups excluding tert-OH is 2. The van der Waals surface area contributed by atoms with Crippen LogP contribution in [0, 0.1) is 34.5 Å². The molecule has 2 N–H and O–H groups in total. The Kier molecular flexibility index (Phi) is 3.30. The van der Waals surface area contributed by atoms with Crippen molar-refractivity contribution < 1.29 is 15.0 Å². The van der Waals surface area contributed by atoms with E-state index in [9.17, 15) is 15.0 Å². The van der Waals surface area contributed by atoms with Gasteiger partial charge in [-0.3, -0.25) is 4.79 Å². The standard InChI is InChI=1S/C19H30O3/c1-18-5-4-14-13(15(18)8-12(21)10-18)9-17(22)16-7-11(20)3-6-19(14,16)2/h11-16,20-21H,3-10H2,1-2H3/t11-,12+,13+,14-,15-,16+,18+,19+/m0/s1. The van der Waals surface area contributed by atoms with Gasteiger partial charge in [-0.15, -0.1) is 0 Å². The van der Waals surface area contributed by atoms with Crippen LogP contribution >= 0.6 is 0 Å². The predicted molar refractivity (Wildman–Crippen MR) is 84.1 cm³/mol. The van der Waals surface area contributed by atoms with Crippen LogP contribution in [-0.2, 0) is 4.79 Å². The van der Waals surface area contributed by atoms with E-state index < -0.39 is 0 Å². The van der Waals surface area contributed by atoms with Crippen molar-refractivity contribution in [2.75, 3.05) is 0 Å². The van der Waals surface area contributed by atoms with Crippen LogP contribution in [-0.4, -0.2) is 28.2 Å². The van der Waals surface area contributed by atoms with Crippen LogP contribution in [0.2, 0.25) is 0 Å². The van der Waals surface area contributed by atoms with Crippen molar-refractivity contribution in [2.45, 2.75) is 77.4 Å². The van der Waals surface area contributed by atoms with Crippen LogP contribution < -0.4 is 0 Å². The lowest BCUT2D eigenvalue weighted by molar-refractivity contribution is -0.157. The van der Waals surface area contributed by atoms with Crippen LogP contribution in [0.3, 0.4) is 0 Å². The molecule has 0 unspecified atom stereocenters. The predicted octanol–water partition coefficient (Wildman–Crippen LogP) is 2.93. The molecule has 4 rings (SSSR count). The topological polar surface area (TPSA) is 57.5 Å². The smallest absolute Gasteiger partial charge is 0.136 e. The maximum atomic E-state index is 12.8. The Morgan fingerprint density at radius 3 is 2.55 bits per heavy atom. The lowest BCUT2D eigenvalue weighted by Gasteiger charge is -2.59. The summed E-state index contributed by atoms with van der Waals surface area (Å²) in [6.45, 7) is 4.67. The minimum absolute atomic E-state index is 0.0770. The third-order valence-corrected chi connectivity index (χ3v) is 8.18. The second kappa shape index (κ2) is 4.80. The second-order valence-corrected chi connectivity index (χ2v) is 9.32. The van der Waals surface area contributed by atoms with Gasteiger partial charge in [0.25, 0.3) is 0 Å². The molecule has 0 radical (unpaired) electrons. The molecule has 0 heterocycles. The maximum Gasteiger partial charge on any atom is 0.136 e. The molecule has 3 nitrogen and oxygen atoms in total. The molecule has 0 aromatic heterocycles. The monoisotopic (exact) mass is 306 g/mol. The van der Waals surface area contributed by atoms with Gasteiger partial charge >= 0.3 is 0 Å². The Bertz CT molecular complexity index is 489. The normalized spacial score (nSPS) is 57.9. The summed E-state index contributed by atoms with van der Waals surface area (Å²) in [4.78, 5) is 12.8. The number of Topliss-reactive ketones (excluding diaryl/α,β-unsaturated/α-hetero) is 1. The van der Waals surface area contributed by atoms with Crippen molar-refractivity contribution >= 4 is 5.78 Å². The summed E-state index contributed by atoms with van der Waals surface area (Å²) in [5, 5.41) is 20.2. The van der Waals surface area contributed by atoms with Gasteiger partial charge in [-0.1, -0.05) is 13.8 Å². The average Bonchev–Trinajstić information content (AvgIpc) is 2.76. The van der Waals surface area contributed by atoms with Crippen molar-refractivity contribution in [3.05, 3.63) is 0 Å². The lowest BCUT2D eigenvalue weighted by atomic mass is 9.45. The number of fused-ring (bicyclic) bond motifs is 5. The first-order valence-corrected chi connectivity index (χ1v) is 9.22.